The second-order valence-corrected chi connectivity index (χ2v) is 7.86. The summed E-state index contributed by atoms with van der Waals surface area (Å²) in [7, 11) is 0. The highest BCUT2D eigenvalue weighted by atomic mass is 32.1. The minimum absolute atomic E-state index is 0.0942. The molecule has 3 amide bonds. The van der Waals surface area contributed by atoms with E-state index in [0.717, 1.165) is 25.1 Å². The molecule has 3 fully saturated rings. The number of nitrogens with zero attached hydrogens (tertiary/aromatic N) is 3. The van der Waals surface area contributed by atoms with Crippen LogP contribution in [0.15, 0.2) is 5.38 Å². The Balaban J connectivity index is 1.42. The largest absolute Gasteiger partial charge is 0.339 e. The first-order chi connectivity index (χ1) is 11.7. The van der Waals surface area contributed by atoms with Gasteiger partial charge in [-0.2, -0.15) is 0 Å². The number of thiazole rings is 1. The molecule has 2 atom stereocenters. The maximum atomic E-state index is 12.8. The molecular formula is C17H24N4O2S. The van der Waals surface area contributed by atoms with Gasteiger partial charge in [-0.25, -0.2) is 9.78 Å². The molecule has 0 spiro atoms. The lowest BCUT2D eigenvalue weighted by Gasteiger charge is -2.44. The van der Waals surface area contributed by atoms with Gasteiger partial charge in [0.25, 0.3) is 0 Å². The highest BCUT2D eigenvalue weighted by molar-refractivity contribution is 7.14. The fourth-order valence-electron chi connectivity index (χ4n) is 4.35. The molecule has 0 aromatic carbocycles. The van der Waals surface area contributed by atoms with Crippen molar-refractivity contribution in [1.82, 2.24) is 15.2 Å². The fourth-order valence-corrected chi connectivity index (χ4v) is 5.20. The summed E-state index contributed by atoms with van der Waals surface area (Å²) in [6.07, 6.45) is 7.76. The molecule has 4 rings (SSSR count). The number of anilines is 1. The summed E-state index contributed by atoms with van der Waals surface area (Å²) in [6.45, 7) is 2.20. The molecule has 1 aromatic heterocycles. The van der Waals surface area contributed by atoms with Crippen LogP contribution in [0.3, 0.4) is 0 Å². The van der Waals surface area contributed by atoms with Gasteiger partial charge in [-0.15, -0.1) is 11.3 Å². The van der Waals surface area contributed by atoms with E-state index in [9.17, 15) is 9.59 Å². The minimum Gasteiger partial charge on any atom is -0.339 e. The molecule has 1 N–H and O–H groups in total. The van der Waals surface area contributed by atoms with E-state index in [-0.39, 0.29) is 11.9 Å². The van der Waals surface area contributed by atoms with Gasteiger partial charge < -0.3 is 10.2 Å². The summed E-state index contributed by atoms with van der Waals surface area (Å²) < 4.78 is 0. The first-order valence-electron chi connectivity index (χ1n) is 9.01. The number of aromatic nitrogens is 1. The quantitative estimate of drug-likeness (QED) is 0.912. The lowest BCUT2D eigenvalue weighted by molar-refractivity contribution is -0.136. The van der Waals surface area contributed by atoms with Crippen molar-refractivity contribution in [3.8, 4) is 0 Å². The summed E-state index contributed by atoms with van der Waals surface area (Å²) in [5.74, 6) is 0.907. The molecule has 0 bridgehead atoms. The molecule has 2 saturated heterocycles. The van der Waals surface area contributed by atoms with Crippen LogP contribution in [0.1, 0.15) is 44.2 Å². The average Bonchev–Trinajstić information content (AvgIpc) is 3.23. The highest BCUT2D eigenvalue weighted by Crippen LogP contribution is 2.35. The standard InChI is InChI=1S/C17H24N4O2S/c22-15(20-8-3-5-12-4-1-2-6-14(12)20)10-13-11-24-17(19-13)21-9-7-18-16(21)23/h11-12,14H,1-10H2,(H,18,23)/t12-,14-/m0/s1. The van der Waals surface area contributed by atoms with E-state index in [4.69, 9.17) is 0 Å². The average molecular weight is 348 g/mol. The van der Waals surface area contributed by atoms with Gasteiger partial charge >= 0.3 is 6.03 Å². The van der Waals surface area contributed by atoms with Gasteiger partial charge in [-0.1, -0.05) is 12.8 Å². The molecule has 0 unspecified atom stereocenters. The second kappa shape index (κ2) is 6.70. The number of hydrogen-bond donors (Lipinski definition) is 1. The number of rotatable bonds is 3. The van der Waals surface area contributed by atoms with Crippen LogP contribution < -0.4 is 10.2 Å². The normalized spacial score (nSPS) is 27.1. The Hall–Kier alpha value is -1.63. The Labute approximate surface area is 146 Å². The summed E-state index contributed by atoms with van der Waals surface area (Å²) >= 11 is 1.45. The number of piperidine rings is 1. The zero-order chi connectivity index (χ0) is 16.5. The van der Waals surface area contributed by atoms with Gasteiger partial charge in [-0.3, -0.25) is 9.69 Å². The van der Waals surface area contributed by atoms with Gasteiger partial charge in [0.15, 0.2) is 5.13 Å². The Morgan fingerprint density at radius 1 is 1.25 bits per heavy atom. The third-order valence-electron chi connectivity index (χ3n) is 5.52. The van der Waals surface area contributed by atoms with Crippen molar-refractivity contribution in [2.24, 2.45) is 5.92 Å². The van der Waals surface area contributed by atoms with E-state index in [2.05, 4.69) is 15.2 Å². The van der Waals surface area contributed by atoms with Gasteiger partial charge in [0.05, 0.1) is 12.1 Å². The van der Waals surface area contributed by atoms with E-state index >= 15 is 0 Å². The number of likely N-dealkylation sites (tertiary alicyclic amines) is 1. The fraction of sp³-hybridized carbons (Fsp3) is 0.706. The molecule has 3 heterocycles. The Kier molecular flexibility index (Phi) is 4.43. The van der Waals surface area contributed by atoms with Crippen molar-refractivity contribution in [1.29, 1.82) is 0 Å². The summed E-state index contributed by atoms with van der Waals surface area (Å²) in [5, 5.41) is 5.39. The van der Waals surface area contributed by atoms with Crippen molar-refractivity contribution < 1.29 is 9.59 Å². The van der Waals surface area contributed by atoms with Crippen LogP contribution in [0.4, 0.5) is 9.93 Å². The van der Waals surface area contributed by atoms with E-state index < -0.39 is 0 Å². The second-order valence-electron chi connectivity index (χ2n) is 7.02. The number of urea groups is 1. The third-order valence-corrected chi connectivity index (χ3v) is 6.44. The Morgan fingerprint density at radius 2 is 2.08 bits per heavy atom. The Morgan fingerprint density at radius 3 is 2.92 bits per heavy atom. The van der Waals surface area contributed by atoms with E-state index in [0.29, 0.717) is 36.6 Å². The van der Waals surface area contributed by atoms with Gasteiger partial charge in [0.1, 0.15) is 0 Å². The molecular weight excluding hydrogens is 324 g/mol. The first kappa shape index (κ1) is 15.9. The molecule has 1 aliphatic carbocycles. The molecule has 130 valence electrons. The van der Waals surface area contributed by atoms with Crippen LogP contribution in [0, 0.1) is 5.92 Å². The molecule has 1 saturated carbocycles. The topological polar surface area (TPSA) is 65.5 Å². The molecule has 7 heteroatoms. The highest BCUT2D eigenvalue weighted by Gasteiger charge is 2.35. The minimum atomic E-state index is -0.0942. The number of hydrogen-bond acceptors (Lipinski definition) is 4. The van der Waals surface area contributed by atoms with Crippen LogP contribution in [0.2, 0.25) is 0 Å². The van der Waals surface area contributed by atoms with Crippen LogP contribution in [-0.4, -0.2) is 47.5 Å². The predicted molar refractivity (Wildman–Crippen MR) is 93.3 cm³/mol. The monoisotopic (exact) mass is 348 g/mol. The summed E-state index contributed by atoms with van der Waals surface area (Å²) in [5.41, 5.74) is 0.789. The van der Waals surface area contributed by atoms with Crippen molar-refractivity contribution in [2.75, 3.05) is 24.5 Å². The molecule has 2 aliphatic heterocycles. The maximum Gasteiger partial charge on any atom is 0.323 e. The number of carbonyl (C=O) groups is 2. The zero-order valence-corrected chi connectivity index (χ0v) is 14.7. The van der Waals surface area contributed by atoms with E-state index in [1.165, 1.54) is 37.0 Å². The number of nitrogens with one attached hydrogen (secondary N) is 1. The lowest BCUT2D eigenvalue weighted by Crippen LogP contribution is -2.50. The van der Waals surface area contributed by atoms with Crippen LogP contribution >= 0.6 is 11.3 Å². The number of fused-ring (bicyclic) bond motifs is 1. The van der Waals surface area contributed by atoms with E-state index in [1.54, 1.807) is 4.90 Å². The van der Waals surface area contributed by atoms with Gasteiger partial charge in [0, 0.05) is 31.1 Å². The molecule has 1 aromatic rings. The van der Waals surface area contributed by atoms with Crippen molar-refractivity contribution >= 4 is 28.4 Å². The summed E-state index contributed by atoms with van der Waals surface area (Å²) in [4.78, 5) is 32.8. The van der Waals surface area contributed by atoms with Crippen LogP contribution in [0.5, 0.6) is 0 Å². The third kappa shape index (κ3) is 3.01. The van der Waals surface area contributed by atoms with Crippen LogP contribution in [0.25, 0.3) is 0 Å². The lowest BCUT2D eigenvalue weighted by atomic mass is 9.78. The Bertz CT molecular complexity index is 630. The smallest absolute Gasteiger partial charge is 0.323 e. The SMILES string of the molecule is O=C1NCCN1c1nc(CC(=O)N2CCC[C@@H]3CCCC[C@@H]32)cs1. The number of carbonyl (C=O) groups excluding carboxylic acids is 2. The maximum absolute atomic E-state index is 12.8. The summed E-state index contributed by atoms with van der Waals surface area (Å²) in [6, 6.07) is 0.353. The molecule has 0 radical (unpaired) electrons. The first-order valence-corrected chi connectivity index (χ1v) is 9.89. The van der Waals surface area contributed by atoms with E-state index in [1.807, 2.05) is 5.38 Å². The van der Waals surface area contributed by atoms with Crippen molar-refractivity contribution in [2.45, 2.75) is 51.0 Å². The zero-order valence-electron chi connectivity index (χ0n) is 13.9. The number of amides is 3. The molecule has 3 aliphatic rings. The van der Waals surface area contributed by atoms with Gasteiger partial charge in [0.2, 0.25) is 5.91 Å². The van der Waals surface area contributed by atoms with Crippen molar-refractivity contribution in [3.63, 3.8) is 0 Å². The van der Waals surface area contributed by atoms with Crippen molar-refractivity contribution in [3.05, 3.63) is 11.1 Å². The molecule has 6 nitrogen and oxygen atoms in total. The molecule has 24 heavy (non-hydrogen) atoms. The van der Waals surface area contributed by atoms with Gasteiger partial charge in [-0.05, 0) is 31.6 Å². The van der Waals surface area contributed by atoms with Crippen LogP contribution in [-0.2, 0) is 11.2 Å². The predicted octanol–water partition coefficient (Wildman–Crippen LogP) is 2.40.